The van der Waals surface area contributed by atoms with Crippen LogP contribution in [-0.4, -0.2) is 48.0 Å². The molecule has 1 saturated heterocycles. The number of carboxylic acid groups (broad SMARTS) is 1. The number of nitrogens with one attached hydrogen (secondary N) is 1. The van der Waals surface area contributed by atoms with Gasteiger partial charge in [0.2, 0.25) is 5.13 Å². The lowest BCUT2D eigenvalue weighted by Gasteiger charge is -2.31. The first-order chi connectivity index (χ1) is 17.9. The van der Waals surface area contributed by atoms with E-state index in [9.17, 15) is 9.90 Å². The Balaban J connectivity index is 1.36. The number of pyridine rings is 2. The van der Waals surface area contributed by atoms with Crippen LogP contribution < -0.4 is 10.1 Å². The number of aliphatic carboxylic acids is 1. The number of anilines is 2. The van der Waals surface area contributed by atoms with Crippen LogP contribution in [0.15, 0.2) is 35.5 Å². The van der Waals surface area contributed by atoms with E-state index in [0.717, 1.165) is 31.4 Å². The van der Waals surface area contributed by atoms with E-state index in [4.69, 9.17) is 14.2 Å². The highest BCUT2D eigenvalue weighted by atomic mass is 32.2. The summed E-state index contributed by atoms with van der Waals surface area (Å²) in [5, 5.41) is 12.6. The third-order valence-corrected chi connectivity index (χ3v) is 8.32. The Morgan fingerprint density at radius 2 is 2.16 bits per heavy atom. The van der Waals surface area contributed by atoms with Gasteiger partial charge in [-0.25, -0.2) is 9.97 Å². The van der Waals surface area contributed by atoms with Crippen LogP contribution in [0.25, 0.3) is 0 Å². The maximum Gasteiger partial charge on any atom is 0.316 e. The molecular weight excluding hydrogens is 514 g/mol. The number of rotatable bonds is 9. The molecule has 0 amide bonds. The molecule has 2 fully saturated rings. The van der Waals surface area contributed by atoms with Gasteiger partial charge in [0.25, 0.3) is 0 Å². The van der Waals surface area contributed by atoms with Crippen LogP contribution in [0.5, 0.6) is 11.5 Å². The summed E-state index contributed by atoms with van der Waals surface area (Å²) >= 11 is 2.44. The van der Waals surface area contributed by atoms with Gasteiger partial charge in [-0.05, 0) is 44.4 Å². The Morgan fingerprint density at radius 1 is 1.32 bits per heavy atom. The standard InChI is InChI=1S/C25H29N5O5S2/c1-3-20(23(31)32)36-16-12-18(34-17-8-7-11-26-15(17)2)21(27-13-16)28-24-29-22(30-37-24)19-14-33-25(35-19)9-5-4-6-10-25/h7-8,11-13,19-20H,3-6,9-10,14H2,1-2H3,(H,31,32)(H,27,28,29,30)/t19?,20-/m0/s1. The van der Waals surface area contributed by atoms with Crippen molar-refractivity contribution in [3.8, 4) is 11.5 Å². The minimum Gasteiger partial charge on any atom is -0.480 e. The van der Waals surface area contributed by atoms with E-state index in [1.807, 2.05) is 19.9 Å². The molecule has 2 aliphatic rings. The third-order valence-electron chi connectivity index (χ3n) is 6.36. The predicted molar refractivity (Wildman–Crippen MR) is 140 cm³/mol. The number of nitrogens with zero attached hydrogens (tertiary/aromatic N) is 4. The Kier molecular flexibility index (Phi) is 7.89. The smallest absolute Gasteiger partial charge is 0.316 e. The molecule has 3 aromatic heterocycles. The zero-order chi connectivity index (χ0) is 25.8. The van der Waals surface area contributed by atoms with E-state index in [-0.39, 0.29) is 6.10 Å². The van der Waals surface area contributed by atoms with Crippen LogP contribution >= 0.6 is 23.3 Å². The first-order valence-electron chi connectivity index (χ1n) is 12.4. The lowest BCUT2D eigenvalue weighted by atomic mass is 9.94. The lowest BCUT2D eigenvalue weighted by molar-refractivity contribution is -0.188. The van der Waals surface area contributed by atoms with Gasteiger partial charge in [0.1, 0.15) is 17.1 Å². The van der Waals surface area contributed by atoms with E-state index in [2.05, 4.69) is 24.6 Å². The van der Waals surface area contributed by atoms with E-state index < -0.39 is 17.0 Å². The first-order valence-corrected chi connectivity index (χ1v) is 14.0. The maximum absolute atomic E-state index is 11.5. The molecule has 2 atom stereocenters. The molecule has 4 heterocycles. The van der Waals surface area contributed by atoms with Gasteiger partial charge in [-0.15, -0.1) is 11.8 Å². The summed E-state index contributed by atoms with van der Waals surface area (Å²) in [5.41, 5.74) is 0.719. The summed E-state index contributed by atoms with van der Waals surface area (Å²) in [7, 11) is 0. The summed E-state index contributed by atoms with van der Waals surface area (Å²) in [6, 6.07) is 5.39. The fourth-order valence-corrected chi connectivity index (χ4v) is 5.88. The number of carbonyl (C=O) groups is 1. The molecule has 1 aliphatic carbocycles. The average Bonchev–Trinajstić information content (AvgIpc) is 3.53. The van der Waals surface area contributed by atoms with Crippen molar-refractivity contribution in [3.05, 3.63) is 42.1 Å². The molecule has 10 nitrogen and oxygen atoms in total. The van der Waals surface area contributed by atoms with Gasteiger partial charge >= 0.3 is 5.97 Å². The van der Waals surface area contributed by atoms with Crippen LogP contribution in [-0.2, 0) is 14.3 Å². The van der Waals surface area contributed by atoms with Crippen molar-refractivity contribution < 1.29 is 24.1 Å². The molecule has 3 aromatic rings. The van der Waals surface area contributed by atoms with Gasteiger partial charge in [-0.1, -0.05) is 13.3 Å². The molecule has 0 radical (unpaired) electrons. The predicted octanol–water partition coefficient (Wildman–Crippen LogP) is 5.88. The van der Waals surface area contributed by atoms with Gasteiger partial charge in [-0.3, -0.25) is 9.78 Å². The highest BCUT2D eigenvalue weighted by Gasteiger charge is 2.44. The molecule has 2 N–H and O–H groups in total. The highest BCUT2D eigenvalue weighted by molar-refractivity contribution is 8.00. The summed E-state index contributed by atoms with van der Waals surface area (Å²) in [6.07, 6.45) is 8.75. The number of thioether (sulfide) groups is 1. The fraction of sp³-hybridized carbons (Fsp3) is 0.480. The monoisotopic (exact) mass is 543 g/mol. The van der Waals surface area contributed by atoms with Gasteiger partial charge in [0, 0.05) is 41.7 Å². The van der Waals surface area contributed by atoms with E-state index in [1.54, 1.807) is 24.5 Å². The number of ether oxygens (including phenoxy) is 3. The van der Waals surface area contributed by atoms with Crippen molar-refractivity contribution >= 4 is 40.2 Å². The number of aromatic nitrogens is 4. The van der Waals surface area contributed by atoms with Crippen molar-refractivity contribution in [1.29, 1.82) is 0 Å². The second-order valence-electron chi connectivity index (χ2n) is 9.03. The lowest BCUT2D eigenvalue weighted by Crippen LogP contribution is -2.32. The van der Waals surface area contributed by atoms with E-state index >= 15 is 0 Å². The molecular formula is C25H29N5O5S2. The molecule has 196 valence electrons. The molecule has 0 bridgehead atoms. The molecule has 5 rings (SSSR count). The van der Waals surface area contributed by atoms with Gasteiger partial charge in [0.15, 0.2) is 23.2 Å². The third kappa shape index (κ3) is 6.03. The zero-order valence-electron chi connectivity index (χ0n) is 20.7. The summed E-state index contributed by atoms with van der Waals surface area (Å²) in [4.78, 5) is 25.7. The first kappa shape index (κ1) is 25.8. The van der Waals surface area contributed by atoms with Crippen molar-refractivity contribution in [3.63, 3.8) is 0 Å². The van der Waals surface area contributed by atoms with Gasteiger partial charge < -0.3 is 24.6 Å². The zero-order valence-corrected chi connectivity index (χ0v) is 22.3. The second kappa shape index (κ2) is 11.3. The Bertz CT molecular complexity index is 1250. The number of hydrogen-bond acceptors (Lipinski definition) is 11. The van der Waals surface area contributed by atoms with Crippen LogP contribution in [0, 0.1) is 6.92 Å². The fourth-order valence-electron chi connectivity index (χ4n) is 4.38. The average molecular weight is 544 g/mol. The Labute approximate surface area is 223 Å². The topological polar surface area (TPSA) is 129 Å². The second-order valence-corrected chi connectivity index (χ2v) is 11.1. The molecule has 12 heteroatoms. The van der Waals surface area contributed by atoms with Crippen LogP contribution in [0.1, 0.15) is 63.1 Å². The van der Waals surface area contributed by atoms with Crippen molar-refractivity contribution in [1.82, 2.24) is 19.3 Å². The maximum atomic E-state index is 11.5. The van der Waals surface area contributed by atoms with Gasteiger partial charge in [0.05, 0.1) is 12.3 Å². The molecule has 1 saturated carbocycles. The van der Waals surface area contributed by atoms with Crippen LogP contribution in [0.2, 0.25) is 0 Å². The van der Waals surface area contributed by atoms with Crippen molar-refractivity contribution in [2.45, 2.75) is 74.4 Å². The molecule has 0 aromatic carbocycles. The molecule has 1 aliphatic heterocycles. The van der Waals surface area contributed by atoms with E-state index in [1.165, 1.54) is 29.7 Å². The molecule has 1 spiro atoms. The number of aryl methyl sites for hydroxylation is 1. The Morgan fingerprint density at radius 3 is 2.92 bits per heavy atom. The minimum absolute atomic E-state index is 0.299. The highest BCUT2D eigenvalue weighted by Crippen LogP contribution is 2.43. The van der Waals surface area contributed by atoms with Crippen LogP contribution in [0.3, 0.4) is 0 Å². The quantitative estimate of drug-likeness (QED) is 0.314. The van der Waals surface area contributed by atoms with Crippen molar-refractivity contribution in [2.75, 3.05) is 11.9 Å². The largest absolute Gasteiger partial charge is 0.480 e. The number of carboxylic acids is 1. The minimum atomic E-state index is -0.866. The van der Waals surface area contributed by atoms with Crippen LogP contribution in [0.4, 0.5) is 10.9 Å². The van der Waals surface area contributed by atoms with E-state index in [0.29, 0.717) is 46.2 Å². The molecule has 37 heavy (non-hydrogen) atoms. The summed E-state index contributed by atoms with van der Waals surface area (Å²) in [5.74, 6) is 0.665. The van der Waals surface area contributed by atoms with Gasteiger partial charge in [-0.2, -0.15) is 4.37 Å². The Hall–Kier alpha value is -2.80. The summed E-state index contributed by atoms with van der Waals surface area (Å²) < 4.78 is 23.0. The SMILES string of the molecule is CC[C@H](Sc1cnc(Nc2nc(C3COC4(CCCCC4)O3)ns2)c(Oc2cccnc2C)c1)C(=O)O. The summed E-state index contributed by atoms with van der Waals surface area (Å²) in [6.45, 7) is 4.14. The normalized spacial score (nSPS) is 19.6. The van der Waals surface area contributed by atoms with Crippen molar-refractivity contribution in [2.24, 2.45) is 0 Å². The number of hydrogen-bond donors (Lipinski definition) is 2. The molecule has 1 unspecified atom stereocenters.